The van der Waals surface area contributed by atoms with E-state index >= 15 is 0 Å². The number of hydrogen-bond acceptors (Lipinski definition) is 4. The molecule has 4 aliphatic carbocycles. The van der Waals surface area contributed by atoms with Gasteiger partial charge in [-0.05, 0) is 75.2 Å². The molecule has 7 atom stereocenters. The van der Waals surface area contributed by atoms with E-state index in [1.807, 2.05) is 0 Å². The SMILES string of the molecule is CCOC12CCC3(CO1)C1CCC4(C)C(OC(C)=O)=CCC4C1CCC3C2(C)C. The summed E-state index contributed by atoms with van der Waals surface area (Å²) >= 11 is 0. The van der Waals surface area contributed by atoms with Crippen LogP contribution in [0.2, 0.25) is 0 Å². The molecule has 1 spiro atoms. The van der Waals surface area contributed by atoms with Gasteiger partial charge < -0.3 is 14.2 Å². The lowest BCUT2D eigenvalue weighted by atomic mass is 9.39. The first kappa shape index (κ1) is 20.1. The smallest absolute Gasteiger partial charge is 0.307 e. The van der Waals surface area contributed by atoms with Gasteiger partial charge in [0.25, 0.3) is 0 Å². The van der Waals surface area contributed by atoms with Crippen molar-refractivity contribution in [2.45, 2.75) is 85.4 Å². The van der Waals surface area contributed by atoms with Gasteiger partial charge in [-0.1, -0.05) is 20.8 Å². The molecule has 0 aromatic rings. The highest BCUT2D eigenvalue weighted by molar-refractivity contribution is 5.67. The molecule has 162 valence electrons. The first-order valence-electron chi connectivity index (χ1n) is 11.9. The second-order valence-corrected chi connectivity index (χ2v) is 11.3. The predicted octanol–water partition coefficient (Wildman–Crippen LogP) is 5.47. The second-order valence-electron chi connectivity index (χ2n) is 11.3. The van der Waals surface area contributed by atoms with E-state index in [0.29, 0.717) is 23.2 Å². The third kappa shape index (κ3) is 2.42. The first-order valence-corrected chi connectivity index (χ1v) is 11.9. The maximum Gasteiger partial charge on any atom is 0.307 e. The third-order valence-electron chi connectivity index (χ3n) is 10.1. The van der Waals surface area contributed by atoms with Crippen molar-refractivity contribution < 1.29 is 19.0 Å². The molecular formula is C25H38O4. The summed E-state index contributed by atoms with van der Waals surface area (Å²) in [5.41, 5.74) is 0.393. The van der Waals surface area contributed by atoms with Gasteiger partial charge in [0, 0.05) is 36.2 Å². The van der Waals surface area contributed by atoms with Crippen LogP contribution in [-0.4, -0.2) is 25.0 Å². The molecular weight excluding hydrogens is 364 g/mol. The van der Waals surface area contributed by atoms with Crippen LogP contribution >= 0.6 is 0 Å². The molecule has 2 aliphatic heterocycles. The number of hydrogen-bond donors (Lipinski definition) is 0. The monoisotopic (exact) mass is 402 g/mol. The summed E-state index contributed by atoms with van der Waals surface area (Å²) in [6.45, 7) is 12.4. The fourth-order valence-electron chi connectivity index (χ4n) is 8.90. The molecule has 4 nitrogen and oxygen atoms in total. The van der Waals surface area contributed by atoms with Crippen LogP contribution in [0.15, 0.2) is 11.8 Å². The molecule has 29 heavy (non-hydrogen) atoms. The van der Waals surface area contributed by atoms with Crippen molar-refractivity contribution in [2.24, 2.45) is 39.9 Å². The van der Waals surface area contributed by atoms with Crippen molar-refractivity contribution >= 4 is 5.97 Å². The molecule has 4 heteroatoms. The van der Waals surface area contributed by atoms with Gasteiger partial charge in [-0.15, -0.1) is 0 Å². The Morgan fingerprint density at radius 1 is 1.14 bits per heavy atom. The molecule has 2 bridgehead atoms. The largest absolute Gasteiger partial charge is 0.431 e. The highest BCUT2D eigenvalue weighted by Crippen LogP contribution is 2.73. The van der Waals surface area contributed by atoms with Crippen molar-refractivity contribution in [3.05, 3.63) is 11.8 Å². The topological polar surface area (TPSA) is 44.8 Å². The zero-order valence-corrected chi connectivity index (χ0v) is 18.9. The lowest BCUT2D eigenvalue weighted by Crippen LogP contribution is -2.71. The lowest BCUT2D eigenvalue weighted by molar-refractivity contribution is -0.403. The van der Waals surface area contributed by atoms with E-state index in [0.717, 1.165) is 44.2 Å². The van der Waals surface area contributed by atoms with E-state index in [1.165, 1.54) is 32.6 Å². The minimum atomic E-state index is -0.387. The molecule has 0 radical (unpaired) electrons. The summed E-state index contributed by atoms with van der Waals surface area (Å²) in [5.74, 6) is 3.11. The normalized spacial score (nSPS) is 49.6. The van der Waals surface area contributed by atoms with Gasteiger partial charge in [0.15, 0.2) is 5.79 Å². The Bertz CT molecular complexity index is 729. The second kappa shape index (κ2) is 6.32. The van der Waals surface area contributed by atoms with Crippen LogP contribution < -0.4 is 0 Å². The first-order chi connectivity index (χ1) is 13.7. The van der Waals surface area contributed by atoms with E-state index < -0.39 is 0 Å². The standard InChI is InChI=1S/C25H38O4/c1-6-27-25-14-13-24(15-28-25)19-11-12-23(5)18(8-10-21(23)29-16(2)26)17(19)7-9-20(24)22(25,3)4/h10,17-20H,6-9,11-15H2,1-5H3. The maximum absolute atomic E-state index is 11.7. The Kier molecular flexibility index (Phi) is 4.37. The Morgan fingerprint density at radius 3 is 2.59 bits per heavy atom. The Balaban J connectivity index is 1.45. The van der Waals surface area contributed by atoms with E-state index in [4.69, 9.17) is 14.2 Å². The molecule has 2 saturated heterocycles. The van der Waals surface area contributed by atoms with Gasteiger partial charge in [0.2, 0.25) is 0 Å². The fraction of sp³-hybridized carbons (Fsp3) is 0.880. The number of carbonyl (C=O) groups excluding carboxylic acids is 1. The molecule has 6 rings (SSSR count). The number of rotatable bonds is 3. The average molecular weight is 403 g/mol. The van der Waals surface area contributed by atoms with Crippen LogP contribution in [0.4, 0.5) is 0 Å². The summed E-state index contributed by atoms with van der Waals surface area (Å²) in [4.78, 5) is 11.7. The molecule has 0 amide bonds. The van der Waals surface area contributed by atoms with Gasteiger partial charge in [0.1, 0.15) is 5.76 Å². The predicted molar refractivity (Wildman–Crippen MR) is 111 cm³/mol. The van der Waals surface area contributed by atoms with E-state index in [9.17, 15) is 4.79 Å². The Morgan fingerprint density at radius 2 is 1.93 bits per heavy atom. The summed E-state index contributed by atoms with van der Waals surface area (Å²) < 4.78 is 18.6. The summed E-state index contributed by atoms with van der Waals surface area (Å²) in [6.07, 6.45) is 10.5. The average Bonchev–Trinajstić information content (AvgIpc) is 2.99. The van der Waals surface area contributed by atoms with Crippen LogP contribution in [0.3, 0.4) is 0 Å². The van der Waals surface area contributed by atoms with Crippen molar-refractivity contribution in [1.29, 1.82) is 0 Å². The number of ether oxygens (including phenoxy) is 3. The lowest BCUT2D eigenvalue weighted by Gasteiger charge is -2.71. The number of carbonyl (C=O) groups is 1. The zero-order valence-electron chi connectivity index (χ0n) is 18.9. The van der Waals surface area contributed by atoms with Crippen molar-refractivity contribution in [3.8, 4) is 0 Å². The van der Waals surface area contributed by atoms with E-state index in [2.05, 4.69) is 33.8 Å². The quantitative estimate of drug-likeness (QED) is 0.588. The molecule has 2 heterocycles. The molecule has 7 unspecified atom stereocenters. The number of fused-ring (bicyclic) bond motifs is 5. The van der Waals surface area contributed by atoms with Crippen LogP contribution in [0.1, 0.15) is 79.6 Å². The highest BCUT2D eigenvalue weighted by Gasteiger charge is 2.71. The maximum atomic E-state index is 11.7. The van der Waals surface area contributed by atoms with Gasteiger partial charge in [-0.2, -0.15) is 0 Å². The van der Waals surface area contributed by atoms with Gasteiger partial charge in [-0.25, -0.2) is 0 Å². The molecule has 6 aliphatic rings. The molecule has 0 aromatic carbocycles. The van der Waals surface area contributed by atoms with E-state index in [1.54, 1.807) is 0 Å². The molecule has 0 aromatic heterocycles. The fourth-order valence-corrected chi connectivity index (χ4v) is 8.90. The van der Waals surface area contributed by atoms with Crippen LogP contribution in [-0.2, 0) is 19.0 Å². The van der Waals surface area contributed by atoms with Crippen molar-refractivity contribution in [1.82, 2.24) is 0 Å². The molecule has 0 N–H and O–H groups in total. The summed E-state index contributed by atoms with van der Waals surface area (Å²) in [5, 5.41) is 0. The summed E-state index contributed by atoms with van der Waals surface area (Å²) in [7, 11) is 0. The minimum absolute atomic E-state index is 0.0328. The third-order valence-corrected chi connectivity index (χ3v) is 10.1. The van der Waals surface area contributed by atoms with E-state index in [-0.39, 0.29) is 22.6 Å². The molecule has 3 saturated carbocycles. The summed E-state index contributed by atoms with van der Waals surface area (Å²) in [6, 6.07) is 0. The highest BCUT2D eigenvalue weighted by atomic mass is 16.7. The minimum Gasteiger partial charge on any atom is -0.431 e. The van der Waals surface area contributed by atoms with Crippen molar-refractivity contribution in [2.75, 3.05) is 13.2 Å². The van der Waals surface area contributed by atoms with Crippen LogP contribution in [0.5, 0.6) is 0 Å². The van der Waals surface area contributed by atoms with Crippen LogP contribution in [0.25, 0.3) is 0 Å². The van der Waals surface area contributed by atoms with Crippen LogP contribution in [0, 0.1) is 39.9 Å². The van der Waals surface area contributed by atoms with Gasteiger partial charge >= 0.3 is 5.97 Å². The van der Waals surface area contributed by atoms with Gasteiger partial charge in [0.05, 0.1) is 6.61 Å². The van der Waals surface area contributed by atoms with Gasteiger partial charge in [-0.3, -0.25) is 4.79 Å². The Labute approximate surface area is 175 Å². The zero-order chi connectivity index (χ0) is 20.7. The number of esters is 1. The number of allylic oxidation sites excluding steroid dienone is 2. The molecule has 5 fully saturated rings. The van der Waals surface area contributed by atoms with Crippen molar-refractivity contribution in [3.63, 3.8) is 0 Å². The Hall–Kier alpha value is -0.870.